The average molecular weight is 339 g/mol. The Labute approximate surface area is 135 Å². The first-order chi connectivity index (χ1) is 11.3. The molecule has 0 aromatic heterocycles. The van der Waals surface area contributed by atoms with Crippen molar-refractivity contribution in [1.82, 2.24) is 0 Å². The number of alkyl halides is 3. The van der Waals surface area contributed by atoms with E-state index in [0.29, 0.717) is 12.0 Å². The van der Waals surface area contributed by atoms with Gasteiger partial charge in [-0.2, -0.15) is 13.2 Å². The molecule has 0 saturated carbocycles. The second-order valence-electron chi connectivity index (χ2n) is 5.08. The Hall–Kier alpha value is -2.70. The summed E-state index contributed by atoms with van der Waals surface area (Å²) in [7, 11) is 0. The number of rotatable bonds is 5. The fourth-order valence-corrected chi connectivity index (χ4v) is 1.99. The van der Waals surface area contributed by atoms with Gasteiger partial charge in [-0.1, -0.05) is 12.1 Å². The third kappa shape index (κ3) is 4.91. The number of amides is 1. The van der Waals surface area contributed by atoms with Gasteiger partial charge >= 0.3 is 12.1 Å². The summed E-state index contributed by atoms with van der Waals surface area (Å²) in [5, 5.41) is 1.74. The number of anilines is 1. The van der Waals surface area contributed by atoms with E-state index in [-0.39, 0.29) is 17.9 Å². The third-order valence-corrected chi connectivity index (χ3v) is 3.28. The van der Waals surface area contributed by atoms with E-state index in [1.165, 1.54) is 48.5 Å². The summed E-state index contributed by atoms with van der Waals surface area (Å²) in [6.45, 7) is 0. The number of ketones is 1. The molecule has 3 nitrogen and oxygen atoms in total. The number of nitrogens with one attached hydrogen (secondary N) is 1. The molecule has 0 atom stereocenters. The van der Waals surface area contributed by atoms with Gasteiger partial charge in [-0.05, 0) is 48.4 Å². The van der Waals surface area contributed by atoms with E-state index >= 15 is 0 Å². The average Bonchev–Trinajstić information content (AvgIpc) is 2.53. The van der Waals surface area contributed by atoms with Crippen LogP contribution in [0.5, 0.6) is 0 Å². The van der Waals surface area contributed by atoms with E-state index in [0.717, 1.165) is 5.56 Å². The number of carbonyl (C=O) groups excluding carboxylic acids is 2. The minimum atomic E-state index is -4.94. The standard InChI is InChI=1S/C17H13F4NO2/c18-13-6-4-12(5-7-13)15(23)10-3-11-1-8-14(9-2-11)22-16(24)17(19,20)21/h1-2,4-9H,3,10H2,(H,22,24). The second-order valence-corrected chi connectivity index (χ2v) is 5.08. The number of hydrogen-bond acceptors (Lipinski definition) is 2. The Bertz CT molecular complexity index is 722. The lowest BCUT2D eigenvalue weighted by Crippen LogP contribution is -2.29. The summed E-state index contributed by atoms with van der Waals surface area (Å²) < 4.78 is 49.2. The lowest BCUT2D eigenvalue weighted by molar-refractivity contribution is -0.167. The summed E-state index contributed by atoms with van der Waals surface area (Å²) in [4.78, 5) is 22.8. The van der Waals surface area contributed by atoms with Gasteiger partial charge in [0.05, 0.1) is 0 Å². The van der Waals surface area contributed by atoms with E-state index < -0.39 is 17.9 Å². The predicted octanol–water partition coefficient (Wildman–Crippen LogP) is 4.14. The normalized spacial score (nSPS) is 11.2. The number of halogens is 4. The first-order valence-electron chi connectivity index (χ1n) is 7.01. The first-order valence-corrected chi connectivity index (χ1v) is 7.01. The van der Waals surface area contributed by atoms with Crippen molar-refractivity contribution >= 4 is 17.4 Å². The molecule has 7 heteroatoms. The molecule has 0 aliphatic rings. The lowest BCUT2D eigenvalue weighted by Gasteiger charge is -2.08. The van der Waals surface area contributed by atoms with Gasteiger partial charge in [-0.25, -0.2) is 4.39 Å². The van der Waals surface area contributed by atoms with E-state index in [1.807, 2.05) is 0 Å². The van der Waals surface area contributed by atoms with Crippen LogP contribution in [0.25, 0.3) is 0 Å². The number of aryl methyl sites for hydroxylation is 1. The fourth-order valence-electron chi connectivity index (χ4n) is 1.99. The lowest BCUT2D eigenvalue weighted by atomic mass is 10.0. The van der Waals surface area contributed by atoms with Crippen molar-refractivity contribution in [2.45, 2.75) is 19.0 Å². The maximum absolute atomic E-state index is 12.8. The van der Waals surface area contributed by atoms with Gasteiger partial charge in [0.15, 0.2) is 5.78 Å². The maximum Gasteiger partial charge on any atom is 0.471 e. The minimum Gasteiger partial charge on any atom is -0.318 e. The highest BCUT2D eigenvalue weighted by atomic mass is 19.4. The van der Waals surface area contributed by atoms with Crippen LogP contribution in [0.15, 0.2) is 48.5 Å². The summed E-state index contributed by atoms with van der Waals surface area (Å²) >= 11 is 0. The number of Topliss-reactive ketones (excluding diaryl/α,β-unsaturated/α-hetero) is 1. The quantitative estimate of drug-likeness (QED) is 0.657. The van der Waals surface area contributed by atoms with E-state index in [1.54, 1.807) is 5.32 Å². The van der Waals surface area contributed by atoms with Gasteiger partial charge in [0.2, 0.25) is 0 Å². The van der Waals surface area contributed by atoms with E-state index in [9.17, 15) is 27.2 Å². The molecule has 0 spiro atoms. The second kappa shape index (κ2) is 7.25. The van der Waals surface area contributed by atoms with Crippen molar-refractivity contribution in [3.8, 4) is 0 Å². The molecule has 0 bridgehead atoms. The smallest absolute Gasteiger partial charge is 0.318 e. The molecular formula is C17H13F4NO2. The van der Waals surface area contributed by atoms with E-state index in [2.05, 4.69) is 0 Å². The molecule has 126 valence electrons. The SMILES string of the molecule is O=C(CCc1ccc(NC(=O)C(F)(F)F)cc1)c1ccc(F)cc1. The van der Waals surface area contributed by atoms with Crippen LogP contribution in [-0.4, -0.2) is 17.9 Å². The van der Waals surface area contributed by atoms with Crippen molar-refractivity contribution in [2.75, 3.05) is 5.32 Å². The van der Waals surface area contributed by atoms with Crippen molar-refractivity contribution in [1.29, 1.82) is 0 Å². The van der Waals surface area contributed by atoms with Gasteiger partial charge in [-0.15, -0.1) is 0 Å². The fraction of sp³-hybridized carbons (Fsp3) is 0.176. The Morgan fingerprint density at radius 2 is 1.50 bits per heavy atom. The van der Waals surface area contributed by atoms with Crippen LogP contribution in [0.4, 0.5) is 23.2 Å². The van der Waals surface area contributed by atoms with Crippen LogP contribution >= 0.6 is 0 Å². The predicted molar refractivity (Wildman–Crippen MR) is 80.2 cm³/mol. The number of benzene rings is 2. The molecule has 0 fully saturated rings. The Morgan fingerprint density at radius 3 is 2.04 bits per heavy atom. The van der Waals surface area contributed by atoms with Crippen molar-refractivity contribution in [3.63, 3.8) is 0 Å². The molecule has 2 rings (SSSR count). The molecule has 0 heterocycles. The summed E-state index contributed by atoms with van der Waals surface area (Å²) in [6, 6.07) is 10.9. The van der Waals surface area contributed by atoms with Crippen LogP contribution in [-0.2, 0) is 11.2 Å². The Morgan fingerprint density at radius 1 is 0.917 bits per heavy atom. The Balaban J connectivity index is 1.91. The van der Waals surface area contributed by atoms with Crippen LogP contribution in [0.3, 0.4) is 0 Å². The van der Waals surface area contributed by atoms with Crippen LogP contribution in [0.1, 0.15) is 22.3 Å². The third-order valence-electron chi connectivity index (χ3n) is 3.28. The first kappa shape index (κ1) is 17.7. The van der Waals surface area contributed by atoms with Crippen molar-refractivity contribution < 1.29 is 27.2 Å². The maximum atomic E-state index is 12.8. The minimum absolute atomic E-state index is 0.0194. The molecule has 0 aliphatic heterocycles. The van der Waals surface area contributed by atoms with Crippen LogP contribution in [0, 0.1) is 5.82 Å². The van der Waals surface area contributed by atoms with Gasteiger partial charge in [0.25, 0.3) is 0 Å². The molecular weight excluding hydrogens is 326 g/mol. The summed E-state index contributed by atoms with van der Waals surface area (Å²) in [5.74, 6) is -2.63. The van der Waals surface area contributed by atoms with Gasteiger partial charge in [0.1, 0.15) is 5.82 Å². The zero-order chi connectivity index (χ0) is 17.7. The van der Waals surface area contributed by atoms with Crippen molar-refractivity contribution in [2.24, 2.45) is 0 Å². The van der Waals surface area contributed by atoms with Crippen LogP contribution in [0.2, 0.25) is 0 Å². The van der Waals surface area contributed by atoms with Crippen molar-refractivity contribution in [3.05, 3.63) is 65.5 Å². The monoisotopic (exact) mass is 339 g/mol. The zero-order valence-corrected chi connectivity index (χ0v) is 12.4. The number of hydrogen-bond donors (Lipinski definition) is 1. The largest absolute Gasteiger partial charge is 0.471 e. The topological polar surface area (TPSA) is 46.2 Å². The molecule has 0 saturated heterocycles. The summed E-state index contributed by atoms with van der Waals surface area (Å²) in [5.41, 5.74) is 1.15. The van der Waals surface area contributed by atoms with Gasteiger partial charge in [-0.3, -0.25) is 9.59 Å². The molecule has 2 aromatic carbocycles. The highest BCUT2D eigenvalue weighted by Gasteiger charge is 2.38. The summed E-state index contributed by atoms with van der Waals surface area (Å²) in [6.07, 6.45) is -4.39. The molecule has 24 heavy (non-hydrogen) atoms. The van der Waals surface area contributed by atoms with Gasteiger partial charge < -0.3 is 5.32 Å². The Kier molecular flexibility index (Phi) is 5.33. The molecule has 0 unspecified atom stereocenters. The molecule has 2 aromatic rings. The molecule has 0 aliphatic carbocycles. The molecule has 1 amide bonds. The van der Waals surface area contributed by atoms with Gasteiger partial charge in [0, 0.05) is 17.7 Å². The molecule has 1 N–H and O–H groups in total. The highest BCUT2D eigenvalue weighted by Crippen LogP contribution is 2.19. The van der Waals surface area contributed by atoms with E-state index in [4.69, 9.17) is 0 Å². The zero-order valence-electron chi connectivity index (χ0n) is 12.4. The van der Waals surface area contributed by atoms with Crippen LogP contribution < -0.4 is 5.32 Å². The molecule has 0 radical (unpaired) electrons. The highest BCUT2D eigenvalue weighted by molar-refractivity contribution is 5.96. The number of carbonyl (C=O) groups is 2.